The summed E-state index contributed by atoms with van der Waals surface area (Å²) < 4.78 is 31.0. The number of fused-ring (bicyclic) bond motifs is 2. The van der Waals surface area contributed by atoms with E-state index in [0.717, 1.165) is 53.9 Å². The number of para-hydroxylation sites is 1. The first-order valence-corrected chi connectivity index (χ1v) is 13.6. The minimum atomic E-state index is -3.41. The largest absolute Gasteiger partial charge is 0.423 e. The molecule has 1 aliphatic heterocycles. The van der Waals surface area contributed by atoms with E-state index in [2.05, 4.69) is 43.4 Å². The fourth-order valence-corrected chi connectivity index (χ4v) is 5.26. The smallest absolute Gasteiger partial charge is 0.300 e. The van der Waals surface area contributed by atoms with Crippen LogP contribution in [0.1, 0.15) is 0 Å². The van der Waals surface area contributed by atoms with Gasteiger partial charge in [-0.1, -0.05) is 18.2 Å². The number of sulfone groups is 1. The first kappa shape index (κ1) is 22.6. The van der Waals surface area contributed by atoms with Gasteiger partial charge in [0, 0.05) is 54.8 Å². The van der Waals surface area contributed by atoms with Crippen molar-refractivity contribution in [2.45, 2.75) is 4.90 Å². The predicted octanol–water partition coefficient (Wildman–Crippen LogP) is 4.27. The lowest BCUT2D eigenvalue weighted by molar-refractivity contribution is 0.313. The van der Waals surface area contributed by atoms with Crippen molar-refractivity contribution in [1.29, 1.82) is 0 Å². The molecule has 2 aromatic heterocycles. The summed E-state index contributed by atoms with van der Waals surface area (Å²) in [5.74, 6) is 0. The summed E-state index contributed by atoms with van der Waals surface area (Å²) in [6.07, 6.45) is 3.02. The third-order valence-electron chi connectivity index (χ3n) is 6.61. The highest BCUT2D eigenvalue weighted by atomic mass is 32.2. The van der Waals surface area contributed by atoms with Crippen LogP contribution < -0.4 is 10.2 Å². The number of anilines is 3. The zero-order valence-electron chi connectivity index (χ0n) is 20.0. The van der Waals surface area contributed by atoms with Crippen molar-refractivity contribution < 1.29 is 12.8 Å². The van der Waals surface area contributed by atoms with Crippen LogP contribution in [0.5, 0.6) is 0 Å². The first-order chi connectivity index (χ1) is 17.3. The summed E-state index contributed by atoms with van der Waals surface area (Å²) in [6.45, 7) is 3.50. The Kier molecular flexibility index (Phi) is 5.42. The molecule has 3 heterocycles. The fourth-order valence-electron chi connectivity index (χ4n) is 4.58. The zero-order chi connectivity index (χ0) is 24.9. The molecule has 6 rings (SSSR count). The molecule has 10 heteroatoms. The van der Waals surface area contributed by atoms with Gasteiger partial charge in [-0.25, -0.2) is 8.42 Å². The van der Waals surface area contributed by atoms with Gasteiger partial charge in [-0.3, -0.25) is 5.10 Å². The van der Waals surface area contributed by atoms with Crippen LogP contribution >= 0.6 is 0 Å². The predicted molar refractivity (Wildman–Crippen MR) is 142 cm³/mol. The lowest BCUT2D eigenvalue weighted by atomic mass is 10.0. The molecule has 3 aromatic carbocycles. The Morgan fingerprint density at radius 2 is 1.86 bits per heavy atom. The number of hydrogen-bond donors (Lipinski definition) is 2. The molecule has 2 N–H and O–H groups in total. The van der Waals surface area contributed by atoms with Crippen molar-refractivity contribution in [3.8, 4) is 11.1 Å². The van der Waals surface area contributed by atoms with Crippen molar-refractivity contribution in [3.05, 3.63) is 60.8 Å². The van der Waals surface area contributed by atoms with Gasteiger partial charge in [0.2, 0.25) is 0 Å². The average molecular weight is 503 g/mol. The molecule has 1 saturated heterocycles. The lowest BCUT2D eigenvalue weighted by Crippen LogP contribution is -2.44. The normalized spacial score (nSPS) is 15.1. The monoisotopic (exact) mass is 502 g/mol. The molecule has 0 spiro atoms. The van der Waals surface area contributed by atoms with E-state index >= 15 is 0 Å². The Morgan fingerprint density at radius 3 is 2.67 bits per heavy atom. The van der Waals surface area contributed by atoms with E-state index in [4.69, 9.17) is 4.42 Å². The second-order valence-electron chi connectivity index (χ2n) is 9.25. The molecule has 0 atom stereocenters. The Hall–Kier alpha value is -3.89. The molecule has 9 nitrogen and oxygen atoms in total. The molecule has 0 aliphatic carbocycles. The minimum absolute atomic E-state index is 0.256. The molecule has 0 unspecified atom stereocenters. The number of likely N-dealkylation sites (N-methyl/N-ethyl adjacent to an activating group) is 1. The average Bonchev–Trinajstić information content (AvgIpc) is 3.49. The van der Waals surface area contributed by atoms with Gasteiger partial charge in [0.15, 0.2) is 15.4 Å². The second kappa shape index (κ2) is 8.65. The highest BCUT2D eigenvalue weighted by Gasteiger charge is 2.19. The van der Waals surface area contributed by atoms with Crippen molar-refractivity contribution in [1.82, 2.24) is 20.1 Å². The number of aromatic amines is 1. The van der Waals surface area contributed by atoms with Gasteiger partial charge in [0.25, 0.3) is 6.01 Å². The number of piperazine rings is 1. The van der Waals surface area contributed by atoms with Gasteiger partial charge < -0.3 is 19.5 Å². The lowest BCUT2D eigenvalue weighted by Gasteiger charge is -2.34. The van der Waals surface area contributed by atoms with E-state index in [-0.39, 0.29) is 4.90 Å². The molecular formula is C26H26N6O3S. The summed E-state index contributed by atoms with van der Waals surface area (Å²) in [7, 11) is -1.32. The summed E-state index contributed by atoms with van der Waals surface area (Å²) in [5, 5.41) is 11.3. The summed E-state index contributed by atoms with van der Waals surface area (Å²) in [6, 6.07) is 17.5. The molecule has 0 bridgehead atoms. The molecule has 5 aromatic rings. The number of H-pyrrole nitrogens is 1. The zero-order valence-corrected chi connectivity index (χ0v) is 20.8. The van der Waals surface area contributed by atoms with Crippen LogP contribution in [0.3, 0.4) is 0 Å². The number of hydrogen-bond acceptors (Lipinski definition) is 8. The van der Waals surface area contributed by atoms with Crippen LogP contribution in [-0.2, 0) is 9.84 Å². The standard InChI is InChI=1S/C26H26N6O3S/c1-31-8-10-32(11-9-31)20-13-19(14-21(15-20)36(2,33)34)28-26-29-24-5-3-4-22(25(24)35-26)17-6-7-23-18(12-17)16-27-30-23/h3-7,12-16H,8-11H2,1-2H3,(H,27,30)(H,28,29). The third-order valence-corrected chi connectivity index (χ3v) is 7.70. The van der Waals surface area contributed by atoms with Gasteiger partial charge in [-0.15, -0.1) is 0 Å². The summed E-state index contributed by atoms with van der Waals surface area (Å²) >= 11 is 0. The van der Waals surface area contributed by atoms with Crippen LogP contribution in [0.2, 0.25) is 0 Å². The summed E-state index contributed by atoms with van der Waals surface area (Å²) in [4.78, 5) is 9.35. The molecule has 0 radical (unpaired) electrons. The maximum atomic E-state index is 12.4. The quantitative estimate of drug-likeness (QED) is 0.367. The molecule has 36 heavy (non-hydrogen) atoms. The number of aromatic nitrogens is 3. The minimum Gasteiger partial charge on any atom is -0.423 e. The highest BCUT2D eigenvalue weighted by molar-refractivity contribution is 7.90. The molecule has 1 fully saturated rings. The van der Waals surface area contributed by atoms with Crippen molar-refractivity contribution in [3.63, 3.8) is 0 Å². The van der Waals surface area contributed by atoms with Crippen LogP contribution in [0.25, 0.3) is 33.1 Å². The second-order valence-corrected chi connectivity index (χ2v) is 11.3. The Morgan fingerprint density at radius 1 is 1.03 bits per heavy atom. The third kappa shape index (κ3) is 4.29. The highest BCUT2D eigenvalue weighted by Crippen LogP contribution is 2.34. The Bertz CT molecular complexity index is 1680. The van der Waals surface area contributed by atoms with E-state index in [0.29, 0.717) is 22.8 Å². The van der Waals surface area contributed by atoms with Crippen molar-refractivity contribution in [2.24, 2.45) is 0 Å². The van der Waals surface area contributed by atoms with Gasteiger partial charge in [0.1, 0.15) is 5.52 Å². The van der Waals surface area contributed by atoms with Crippen LogP contribution in [0, 0.1) is 0 Å². The van der Waals surface area contributed by atoms with Crippen LogP contribution in [-0.4, -0.2) is 68.0 Å². The summed E-state index contributed by atoms with van der Waals surface area (Å²) in [5.41, 5.74) is 5.71. The van der Waals surface area contributed by atoms with Gasteiger partial charge in [0.05, 0.1) is 16.6 Å². The molecule has 184 valence electrons. The van der Waals surface area contributed by atoms with Gasteiger partial charge in [-0.05, 0) is 49.0 Å². The van der Waals surface area contributed by atoms with Gasteiger partial charge >= 0.3 is 0 Å². The van der Waals surface area contributed by atoms with E-state index in [1.165, 1.54) is 6.26 Å². The molecule has 0 amide bonds. The maximum Gasteiger partial charge on any atom is 0.300 e. The van der Waals surface area contributed by atoms with E-state index in [9.17, 15) is 8.42 Å². The number of nitrogens with one attached hydrogen (secondary N) is 2. The first-order valence-electron chi connectivity index (χ1n) is 11.7. The van der Waals surface area contributed by atoms with Crippen LogP contribution in [0.15, 0.2) is 70.1 Å². The topological polar surface area (TPSA) is 107 Å². The number of oxazole rings is 1. The number of benzene rings is 3. The number of nitrogens with zero attached hydrogens (tertiary/aromatic N) is 4. The SMILES string of the molecule is CN1CCN(c2cc(Nc3nc4cccc(-c5ccc6[nH]ncc6c5)c4o3)cc(S(C)(=O)=O)c2)CC1. The Labute approximate surface area is 208 Å². The van der Waals surface area contributed by atoms with Crippen LogP contribution in [0.4, 0.5) is 17.4 Å². The molecular weight excluding hydrogens is 476 g/mol. The Balaban J connectivity index is 1.37. The van der Waals surface area contributed by atoms with E-state index < -0.39 is 9.84 Å². The van der Waals surface area contributed by atoms with Gasteiger partial charge in [-0.2, -0.15) is 10.1 Å². The van der Waals surface area contributed by atoms with E-state index in [1.807, 2.05) is 36.4 Å². The van der Waals surface area contributed by atoms with Crippen molar-refractivity contribution >= 4 is 49.2 Å². The fraction of sp³-hybridized carbons (Fsp3) is 0.231. The van der Waals surface area contributed by atoms with Crippen molar-refractivity contribution in [2.75, 3.05) is 49.7 Å². The number of rotatable bonds is 5. The van der Waals surface area contributed by atoms with E-state index in [1.54, 1.807) is 18.3 Å². The molecule has 0 saturated carbocycles. The maximum absolute atomic E-state index is 12.4. The molecule has 1 aliphatic rings.